The molecule has 0 radical (unpaired) electrons. The molecule has 0 bridgehead atoms. The van der Waals surface area contributed by atoms with Crippen molar-refractivity contribution in [2.24, 2.45) is 5.10 Å². The molecular formula is C26H20BrN3O4. The number of halogens is 1. The van der Waals surface area contributed by atoms with Gasteiger partial charge in [-0.15, -0.1) is 0 Å². The van der Waals surface area contributed by atoms with E-state index in [4.69, 9.17) is 4.74 Å². The largest absolute Gasteiger partial charge is 0.488 e. The molecule has 4 rings (SSSR count). The van der Waals surface area contributed by atoms with Crippen molar-refractivity contribution in [1.82, 2.24) is 5.43 Å². The summed E-state index contributed by atoms with van der Waals surface area (Å²) >= 11 is 3.52. The van der Waals surface area contributed by atoms with Gasteiger partial charge >= 0.3 is 0 Å². The lowest BCUT2D eigenvalue weighted by Crippen LogP contribution is -2.20. The third-order valence-corrected chi connectivity index (χ3v) is 5.78. The number of nitrogens with zero attached hydrogens (tertiary/aromatic N) is 2. The van der Waals surface area contributed by atoms with Crippen LogP contribution < -0.4 is 10.2 Å². The Balaban J connectivity index is 1.36. The van der Waals surface area contributed by atoms with Gasteiger partial charge in [-0.2, -0.15) is 5.10 Å². The number of nitrogens with one attached hydrogen (secondary N) is 1. The van der Waals surface area contributed by atoms with Crippen LogP contribution in [0.2, 0.25) is 0 Å². The highest BCUT2D eigenvalue weighted by Crippen LogP contribution is 2.27. The van der Waals surface area contributed by atoms with Gasteiger partial charge in [0.05, 0.1) is 22.0 Å². The lowest BCUT2D eigenvalue weighted by atomic mass is 10.1. The van der Waals surface area contributed by atoms with E-state index in [0.717, 1.165) is 26.4 Å². The van der Waals surface area contributed by atoms with Crippen molar-refractivity contribution >= 4 is 44.5 Å². The number of ether oxygens (including phenoxy) is 1. The van der Waals surface area contributed by atoms with Crippen molar-refractivity contribution in [2.75, 3.05) is 0 Å². The van der Waals surface area contributed by atoms with E-state index in [1.165, 1.54) is 12.3 Å². The molecule has 0 saturated carbocycles. The van der Waals surface area contributed by atoms with Crippen LogP contribution in [0.3, 0.4) is 0 Å². The average molecular weight is 518 g/mol. The van der Waals surface area contributed by atoms with Gasteiger partial charge in [0.15, 0.2) is 0 Å². The maximum Gasteiger partial charge on any atom is 0.273 e. The van der Waals surface area contributed by atoms with Crippen molar-refractivity contribution in [1.29, 1.82) is 0 Å². The molecule has 170 valence electrons. The summed E-state index contributed by atoms with van der Waals surface area (Å²) in [4.78, 5) is 22.7. The van der Waals surface area contributed by atoms with Crippen molar-refractivity contribution in [3.05, 3.63) is 116 Å². The van der Waals surface area contributed by atoms with Gasteiger partial charge in [0.1, 0.15) is 12.4 Å². The summed E-state index contributed by atoms with van der Waals surface area (Å²) in [5.41, 5.74) is 4.48. The summed E-state index contributed by atoms with van der Waals surface area (Å²) in [5.74, 6) is 0.241. The molecule has 0 heterocycles. The number of nitro groups is 1. The number of carbonyl (C=O) groups is 1. The van der Waals surface area contributed by atoms with E-state index in [9.17, 15) is 14.9 Å². The number of rotatable bonds is 8. The second-order valence-corrected chi connectivity index (χ2v) is 8.33. The SMILES string of the molecule is O=C(Cc1ccccc1[N+](=O)[O-])N/N=C/c1ccc(OCc2cccc3ccccc23)c(Br)c1. The minimum absolute atomic E-state index is 0.0929. The smallest absolute Gasteiger partial charge is 0.273 e. The molecule has 1 amide bonds. The number of fused-ring (bicyclic) bond motifs is 1. The van der Waals surface area contributed by atoms with E-state index < -0.39 is 10.8 Å². The molecule has 4 aromatic rings. The first-order chi connectivity index (χ1) is 16.5. The van der Waals surface area contributed by atoms with E-state index in [0.29, 0.717) is 17.9 Å². The van der Waals surface area contributed by atoms with Crippen LogP contribution >= 0.6 is 15.9 Å². The summed E-state index contributed by atoms with van der Waals surface area (Å²) < 4.78 is 6.76. The van der Waals surface area contributed by atoms with E-state index in [1.54, 1.807) is 18.2 Å². The third kappa shape index (κ3) is 5.65. The van der Waals surface area contributed by atoms with Crippen LogP contribution in [-0.2, 0) is 17.8 Å². The second kappa shape index (κ2) is 10.7. The van der Waals surface area contributed by atoms with E-state index in [2.05, 4.69) is 44.7 Å². The third-order valence-electron chi connectivity index (χ3n) is 5.16. The molecular weight excluding hydrogens is 498 g/mol. The Morgan fingerprint density at radius 1 is 1.00 bits per heavy atom. The first kappa shape index (κ1) is 23.1. The quantitative estimate of drug-likeness (QED) is 0.182. The standard InChI is InChI=1S/C26H20BrN3O4/c27-23-14-18(16-28-29-26(31)15-20-7-2-4-11-24(20)30(32)33)12-13-25(23)34-17-21-9-5-8-19-6-1-3-10-22(19)21/h1-14,16H,15,17H2,(H,29,31)/b28-16+. The molecule has 0 saturated heterocycles. The predicted molar refractivity (Wildman–Crippen MR) is 135 cm³/mol. The number of carbonyl (C=O) groups excluding carboxylic acids is 1. The zero-order valence-corrected chi connectivity index (χ0v) is 19.6. The van der Waals surface area contributed by atoms with Gasteiger partial charge in [0.25, 0.3) is 5.69 Å². The number of para-hydroxylation sites is 1. The lowest BCUT2D eigenvalue weighted by Gasteiger charge is -2.11. The van der Waals surface area contributed by atoms with Gasteiger partial charge in [0.2, 0.25) is 5.91 Å². The highest BCUT2D eigenvalue weighted by molar-refractivity contribution is 9.10. The summed E-state index contributed by atoms with van der Waals surface area (Å²) in [5, 5.41) is 17.3. The van der Waals surface area contributed by atoms with E-state index in [1.807, 2.05) is 42.5 Å². The van der Waals surface area contributed by atoms with E-state index in [-0.39, 0.29) is 12.1 Å². The van der Waals surface area contributed by atoms with E-state index >= 15 is 0 Å². The van der Waals surface area contributed by atoms with Gasteiger partial charge in [-0.3, -0.25) is 14.9 Å². The molecule has 0 aliphatic heterocycles. The van der Waals surface area contributed by atoms with Gasteiger partial charge in [-0.05, 0) is 56.0 Å². The number of nitro benzene ring substituents is 1. The van der Waals surface area contributed by atoms with Crippen LogP contribution in [0.1, 0.15) is 16.7 Å². The molecule has 0 aliphatic carbocycles. The molecule has 0 spiro atoms. The summed E-state index contributed by atoms with van der Waals surface area (Å²) in [6, 6.07) is 25.9. The average Bonchev–Trinajstić information content (AvgIpc) is 2.83. The second-order valence-electron chi connectivity index (χ2n) is 7.47. The first-order valence-corrected chi connectivity index (χ1v) is 11.2. The van der Waals surface area contributed by atoms with Crippen LogP contribution in [0.5, 0.6) is 5.75 Å². The van der Waals surface area contributed by atoms with Crippen molar-refractivity contribution in [3.8, 4) is 5.75 Å². The first-order valence-electron chi connectivity index (χ1n) is 10.4. The number of hydrogen-bond acceptors (Lipinski definition) is 5. The molecule has 0 aliphatic rings. The summed E-state index contributed by atoms with van der Waals surface area (Å²) in [6.45, 7) is 0.426. The number of hydrogen-bond donors (Lipinski definition) is 1. The molecule has 0 atom stereocenters. The molecule has 4 aromatic carbocycles. The zero-order chi connectivity index (χ0) is 23.9. The Morgan fingerprint density at radius 2 is 1.74 bits per heavy atom. The topological polar surface area (TPSA) is 93.8 Å². The molecule has 0 fully saturated rings. The van der Waals surface area contributed by atoms with Gasteiger partial charge in [-0.25, -0.2) is 5.43 Å². The van der Waals surface area contributed by atoms with Crippen LogP contribution in [0.25, 0.3) is 10.8 Å². The van der Waals surface area contributed by atoms with Crippen LogP contribution in [0.4, 0.5) is 5.69 Å². The Labute approximate surface area is 204 Å². The van der Waals surface area contributed by atoms with Crippen molar-refractivity contribution in [2.45, 2.75) is 13.0 Å². The maximum absolute atomic E-state index is 12.1. The van der Waals surface area contributed by atoms with Crippen LogP contribution in [0.15, 0.2) is 94.5 Å². The Morgan fingerprint density at radius 3 is 2.56 bits per heavy atom. The van der Waals surface area contributed by atoms with Gasteiger partial charge in [-0.1, -0.05) is 60.7 Å². The normalized spacial score (nSPS) is 11.0. The predicted octanol–water partition coefficient (Wildman–Crippen LogP) is 5.78. The molecule has 0 unspecified atom stereocenters. The van der Waals surface area contributed by atoms with Crippen LogP contribution in [0, 0.1) is 10.1 Å². The number of amides is 1. The fourth-order valence-corrected chi connectivity index (χ4v) is 4.03. The Bertz CT molecular complexity index is 1380. The zero-order valence-electron chi connectivity index (χ0n) is 18.0. The number of benzene rings is 4. The Kier molecular flexibility index (Phi) is 7.29. The molecule has 8 heteroatoms. The number of hydrazone groups is 1. The molecule has 1 N–H and O–H groups in total. The highest BCUT2D eigenvalue weighted by Gasteiger charge is 2.15. The minimum atomic E-state index is -0.507. The minimum Gasteiger partial charge on any atom is -0.488 e. The maximum atomic E-state index is 12.1. The van der Waals surface area contributed by atoms with Crippen molar-refractivity contribution < 1.29 is 14.5 Å². The fourth-order valence-electron chi connectivity index (χ4n) is 3.52. The van der Waals surface area contributed by atoms with Crippen LogP contribution in [-0.4, -0.2) is 17.0 Å². The highest BCUT2D eigenvalue weighted by atomic mass is 79.9. The van der Waals surface area contributed by atoms with Gasteiger partial charge in [0, 0.05) is 11.6 Å². The lowest BCUT2D eigenvalue weighted by molar-refractivity contribution is -0.385. The summed E-state index contributed by atoms with van der Waals surface area (Å²) in [6.07, 6.45) is 1.36. The molecule has 0 aromatic heterocycles. The monoisotopic (exact) mass is 517 g/mol. The molecule has 34 heavy (non-hydrogen) atoms. The van der Waals surface area contributed by atoms with Gasteiger partial charge < -0.3 is 4.74 Å². The Hall–Kier alpha value is -4.04. The molecule has 7 nitrogen and oxygen atoms in total. The summed E-state index contributed by atoms with van der Waals surface area (Å²) in [7, 11) is 0. The fraction of sp³-hybridized carbons (Fsp3) is 0.0769. The van der Waals surface area contributed by atoms with Crippen molar-refractivity contribution in [3.63, 3.8) is 0 Å².